The summed E-state index contributed by atoms with van der Waals surface area (Å²) < 4.78 is 18.9. The molecule has 1 aromatic carbocycles. The predicted molar refractivity (Wildman–Crippen MR) is 62.4 cm³/mol. The number of methoxy groups -OCH3 is 1. The number of halogens is 1. The number of hydrogen-bond acceptors (Lipinski definition) is 2. The first kappa shape index (κ1) is 11.4. The average molecular weight is 223 g/mol. The van der Waals surface area contributed by atoms with Gasteiger partial charge in [-0.1, -0.05) is 13.0 Å². The Morgan fingerprint density at radius 2 is 2.19 bits per heavy atom. The van der Waals surface area contributed by atoms with Gasteiger partial charge < -0.3 is 10.1 Å². The normalized spacial score (nSPS) is 23.9. The molecule has 1 aliphatic carbocycles. The molecule has 1 N–H and O–H groups in total. The van der Waals surface area contributed by atoms with Crippen molar-refractivity contribution in [1.82, 2.24) is 5.32 Å². The number of ether oxygens (including phenoxy) is 1. The van der Waals surface area contributed by atoms with E-state index in [4.69, 9.17) is 4.74 Å². The first-order valence-electron chi connectivity index (χ1n) is 5.82. The molecule has 3 heteroatoms. The Hall–Kier alpha value is -1.09. The van der Waals surface area contributed by atoms with Gasteiger partial charge in [-0.15, -0.1) is 0 Å². The van der Waals surface area contributed by atoms with Gasteiger partial charge in [0.25, 0.3) is 0 Å². The fourth-order valence-corrected chi connectivity index (χ4v) is 2.40. The topological polar surface area (TPSA) is 21.3 Å². The summed E-state index contributed by atoms with van der Waals surface area (Å²) in [5, 5.41) is 3.38. The summed E-state index contributed by atoms with van der Waals surface area (Å²) in [5.74, 6) is 0.847. The molecule has 1 aromatic rings. The third-order valence-corrected chi connectivity index (χ3v) is 3.27. The molecular formula is C13H18FNO. The molecule has 0 radical (unpaired) electrons. The van der Waals surface area contributed by atoms with Crippen molar-refractivity contribution < 1.29 is 9.13 Å². The lowest BCUT2D eigenvalue weighted by atomic mass is 9.75. The lowest BCUT2D eigenvalue weighted by Crippen LogP contribution is -2.40. The third-order valence-electron chi connectivity index (χ3n) is 3.27. The minimum absolute atomic E-state index is 0.140. The SMILES string of the molecule is CCNC1CC(c2c(F)cccc2OC)C1. The smallest absolute Gasteiger partial charge is 0.130 e. The zero-order valence-electron chi connectivity index (χ0n) is 9.79. The highest BCUT2D eigenvalue weighted by Crippen LogP contribution is 2.42. The second-order valence-electron chi connectivity index (χ2n) is 4.28. The molecule has 2 rings (SSSR count). The lowest BCUT2D eigenvalue weighted by molar-refractivity contribution is 0.281. The first-order chi connectivity index (χ1) is 7.76. The van der Waals surface area contributed by atoms with E-state index >= 15 is 0 Å². The van der Waals surface area contributed by atoms with Gasteiger partial charge in [-0.3, -0.25) is 0 Å². The minimum Gasteiger partial charge on any atom is -0.496 e. The molecule has 1 aliphatic rings. The van der Waals surface area contributed by atoms with Crippen molar-refractivity contribution in [2.75, 3.05) is 13.7 Å². The molecule has 0 atom stereocenters. The summed E-state index contributed by atoms with van der Waals surface area (Å²) in [6.07, 6.45) is 2.01. The number of nitrogens with one attached hydrogen (secondary N) is 1. The van der Waals surface area contributed by atoms with Crippen LogP contribution in [0, 0.1) is 5.82 Å². The molecular weight excluding hydrogens is 205 g/mol. The molecule has 0 heterocycles. The molecule has 0 unspecified atom stereocenters. The molecule has 16 heavy (non-hydrogen) atoms. The van der Waals surface area contributed by atoms with Crippen molar-refractivity contribution in [2.24, 2.45) is 0 Å². The number of rotatable bonds is 4. The standard InChI is InChI=1S/C13H18FNO/c1-3-15-10-7-9(8-10)13-11(14)5-4-6-12(13)16-2/h4-6,9-10,15H,3,7-8H2,1-2H3. The highest BCUT2D eigenvalue weighted by atomic mass is 19.1. The van der Waals surface area contributed by atoms with Crippen LogP contribution in [-0.2, 0) is 0 Å². The first-order valence-corrected chi connectivity index (χ1v) is 5.82. The minimum atomic E-state index is -0.140. The van der Waals surface area contributed by atoms with Crippen LogP contribution in [0.25, 0.3) is 0 Å². The van der Waals surface area contributed by atoms with Gasteiger partial charge in [0.05, 0.1) is 7.11 Å². The van der Waals surface area contributed by atoms with Crippen LogP contribution in [0.15, 0.2) is 18.2 Å². The zero-order chi connectivity index (χ0) is 11.5. The molecule has 1 saturated carbocycles. The molecule has 0 bridgehead atoms. The van der Waals surface area contributed by atoms with E-state index in [0.29, 0.717) is 17.7 Å². The molecule has 0 aromatic heterocycles. The van der Waals surface area contributed by atoms with E-state index in [-0.39, 0.29) is 5.82 Å². The van der Waals surface area contributed by atoms with Crippen LogP contribution in [0.1, 0.15) is 31.2 Å². The second kappa shape index (κ2) is 4.83. The van der Waals surface area contributed by atoms with Gasteiger partial charge >= 0.3 is 0 Å². The molecule has 0 spiro atoms. The predicted octanol–water partition coefficient (Wildman–Crippen LogP) is 2.69. The maximum atomic E-state index is 13.7. The molecule has 0 saturated heterocycles. The summed E-state index contributed by atoms with van der Waals surface area (Å²) in [5.41, 5.74) is 0.749. The van der Waals surface area contributed by atoms with Gasteiger partial charge in [0, 0.05) is 11.6 Å². The van der Waals surface area contributed by atoms with E-state index in [0.717, 1.165) is 24.9 Å². The van der Waals surface area contributed by atoms with Crippen LogP contribution >= 0.6 is 0 Å². The van der Waals surface area contributed by atoms with Crippen molar-refractivity contribution in [2.45, 2.75) is 31.7 Å². The number of benzene rings is 1. The maximum Gasteiger partial charge on any atom is 0.130 e. The Kier molecular flexibility index (Phi) is 3.44. The second-order valence-corrected chi connectivity index (χ2v) is 4.28. The molecule has 0 amide bonds. The quantitative estimate of drug-likeness (QED) is 0.847. The van der Waals surface area contributed by atoms with Crippen LogP contribution in [0.2, 0.25) is 0 Å². The summed E-state index contributed by atoms with van der Waals surface area (Å²) in [4.78, 5) is 0. The zero-order valence-corrected chi connectivity index (χ0v) is 9.79. The van der Waals surface area contributed by atoms with Gasteiger partial charge in [-0.2, -0.15) is 0 Å². The van der Waals surface area contributed by atoms with Crippen molar-refractivity contribution in [3.05, 3.63) is 29.6 Å². The van der Waals surface area contributed by atoms with Crippen LogP contribution < -0.4 is 10.1 Å². The van der Waals surface area contributed by atoms with Crippen LogP contribution in [0.5, 0.6) is 5.75 Å². The highest BCUT2D eigenvalue weighted by Gasteiger charge is 2.33. The van der Waals surface area contributed by atoms with E-state index in [1.54, 1.807) is 13.2 Å². The summed E-state index contributed by atoms with van der Waals surface area (Å²) in [7, 11) is 1.60. The van der Waals surface area contributed by atoms with Crippen molar-refractivity contribution in [3.63, 3.8) is 0 Å². The summed E-state index contributed by atoms with van der Waals surface area (Å²) in [6.45, 7) is 3.07. The lowest BCUT2D eigenvalue weighted by Gasteiger charge is -2.36. The van der Waals surface area contributed by atoms with Gasteiger partial charge in [-0.25, -0.2) is 4.39 Å². The Morgan fingerprint density at radius 1 is 1.44 bits per heavy atom. The van der Waals surface area contributed by atoms with E-state index < -0.39 is 0 Å². The Balaban J connectivity index is 2.10. The molecule has 0 aliphatic heterocycles. The highest BCUT2D eigenvalue weighted by molar-refractivity contribution is 5.39. The summed E-state index contributed by atoms with van der Waals surface area (Å²) in [6, 6.07) is 5.58. The van der Waals surface area contributed by atoms with Gasteiger partial charge in [0.15, 0.2) is 0 Å². The fraction of sp³-hybridized carbons (Fsp3) is 0.538. The largest absolute Gasteiger partial charge is 0.496 e. The average Bonchev–Trinajstić information content (AvgIpc) is 2.23. The van der Waals surface area contributed by atoms with Gasteiger partial charge in [0.1, 0.15) is 11.6 Å². The number of hydrogen-bond donors (Lipinski definition) is 1. The van der Waals surface area contributed by atoms with E-state index in [2.05, 4.69) is 12.2 Å². The van der Waals surface area contributed by atoms with Crippen LogP contribution in [0.3, 0.4) is 0 Å². The summed E-state index contributed by atoms with van der Waals surface area (Å²) >= 11 is 0. The van der Waals surface area contributed by atoms with Crippen molar-refractivity contribution in [1.29, 1.82) is 0 Å². The monoisotopic (exact) mass is 223 g/mol. The van der Waals surface area contributed by atoms with Gasteiger partial charge in [0.2, 0.25) is 0 Å². The van der Waals surface area contributed by atoms with Crippen molar-refractivity contribution in [3.8, 4) is 5.75 Å². The molecule has 1 fully saturated rings. The van der Waals surface area contributed by atoms with E-state index in [1.807, 2.05) is 6.07 Å². The van der Waals surface area contributed by atoms with Crippen LogP contribution in [0.4, 0.5) is 4.39 Å². The van der Waals surface area contributed by atoms with Crippen molar-refractivity contribution >= 4 is 0 Å². The van der Waals surface area contributed by atoms with E-state index in [1.165, 1.54) is 6.07 Å². The maximum absolute atomic E-state index is 13.7. The Labute approximate surface area is 95.8 Å². The Bertz CT molecular complexity index is 361. The van der Waals surface area contributed by atoms with E-state index in [9.17, 15) is 4.39 Å². The van der Waals surface area contributed by atoms with Gasteiger partial charge in [-0.05, 0) is 37.4 Å². The molecule has 2 nitrogen and oxygen atoms in total. The third kappa shape index (κ3) is 2.05. The fourth-order valence-electron chi connectivity index (χ4n) is 2.40. The Morgan fingerprint density at radius 3 is 2.81 bits per heavy atom. The molecule has 88 valence electrons. The van der Waals surface area contributed by atoms with Crippen LogP contribution in [-0.4, -0.2) is 19.7 Å².